The van der Waals surface area contributed by atoms with Crippen molar-refractivity contribution in [3.63, 3.8) is 0 Å². The van der Waals surface area contributed by atoms with E-state index < -0.39 is 136 Å². The molecule has 0 atom stereocenters. The molecule has 0 saturated heterocycles. The highest BCUT2D eigenvalue weighted by molar-refractivity contribution is 7.98. The molecular weight excluding hydrogens is 628 g/mol. The number of fused-ring (bicyclic) bond motifs is 1. The van der Waals surface area contributed by atoms with Crippen LogP contribution in [-0.4, -0.2) is 51.3 Å². The average Bonchev–Trinajstić information content (AvgIpc) is 3.32. The Morgan fingerprint density at radius 3 is 2.23 bits per heavy atom. The SMILES string of the molecule is [2H]c1c([2H])c(CSc2nc(=O)c3c(n2C([2H])([2H])C(=O)N(C([2H])([2H])c2ccc(-c4ccc(C(F)(F)F)cc4)cc2)C([2H])([2H])C([2H])([2H])N(CC)CC)C([2H])([2H])C([2H])([2H])C3([2H])[2H])c([2H])c([2H])c1F. The Balaban J connectivity index is 1.80. The van der Waals surface area contributed by atoms with E-state index in [0.717, 1.165) is 53.4 Å². The van der Waals surface area contributed by atoms with Gasteiger partial charge in [-0.15, -0.1) is 0 Å². The van der Waals surface area contributed by atoms with E-state index in [1.807, 2.05) is 0 Å². The van der Waals surface area contributed by atoms with Gasteiger partial charge in [-0.1, -0.05) is 74.1 Å². The second-order valence-corrected chi connectivity index (χ2v) is 10.6. The minimum Gasteiger partial charge on any atom is -0.336 e. The largest absolute Gasteiger partial charge is 0.416 e. The van der Waals surface area contributed by atoms with Crippen LogP contribution in [0.4, 0.5) is 17.6 Å². The summed E-state index contributed by atoms with van der Waals surface area (Å²) in [7, 11) is 0. The van der Waals surface area contributed by atoms with E-state index in [1.165, 1.54) is 13.8 Å². The van der Waals surface area contributed by atoms with Crippen LogP contribution in [-0.2, 0) is 42.5 Å². The van der Waals surface area contributed by atoms with Gasteiger partial charge in [-0.2, -0.15) is 18.2 Å². The lowest BCUT2D eigenvalue weighted by molar-refractivity contribution is -0.137. The van der Waals surface area contributed by atoms with Gasteiger partial charge in [-0.25, -0.2) is 4.39 Å². The molecule has 0 aliphatic heterocycles. The Morgan fingerprint density at radius 1 is 0.979 bits per heavy atom. The molecule has 11 heteroatoms. The smallest absolute Gasteiger partial charge is 0.336 e. The van der Waals surface area contributed by atoms with Crippen LogP contribution in [0.15, 0.2) is 82.7 Å². The van der Waals surface area contributed by atoms with Gasteiger partial charge >= 0.3 is 6.18 Å². The summed E-state index contributed by atoms with van der Waals surface area (Å²) < 4.78 is 211. The number of nitrogens with zero attached hydrogens (tertiary/aromatic N) is 4. The van der Waals surface area contributed by atoms with Crippen molar-refractivity contribution < 1.29 is 47.0 Å². The highest BCUT2D eigenvalue weighted by atomic mass is 32.2. The molecule has 3 aromatic carbocycles. The van der Waals surface area contributed by atoms with Crippen molar-refractivity contribution in [1.82, 2.24) is 19.4 Å². The maximum absolute atomic E-state index is 15.2. The van der Waals surface area contributed by atoms with Crippen LogP contribution in [0, 0.1) is 5.82 Å². The molecule has 1 aliphatic carbocycles. The molecule has 1 amide bonds. The van der Waals surface area contributed by atoms with Gasteiger partial charge < -0.3 is 14.4 Å². The maximum Gasteiger partial charge on any atom is 0.416 e. The normalized spacial score (nSPS) is 22.9. The van der Waals surface area contributed by atoms with Gasteiger partial charge in [0.2, 0.25) is 5.91 Å². The van der Waals surface area contributed by atoms with Gasteiger partial charge in [0, 0.05) is 47.5 Å². The Morgan fingerprint density at radius 2 is 1.62 bits per heavy atom. The number of hydrogen-bond donors (Lipinski definition) is 0. The lowest BCUT2D eigenvalue weighted by Gasteiger charge is -2.28. The Bertz CT molecular complexity index is 2540. The van der Waals surface area contributed by atoms with Crippen molar-refractivity contribution in [2.24, 2.45) is 0 Å². The third-order valence-electron chi connectivity index (χ3n) is 6.59. The number of carbonyl (C=O) groups is 1. The number of carbonyl (C=O) groups excluding carboxylic acids is 1. The summed E-state index contributed by atoms with van der Waals surface area (Å²) in [5, 5.41) is -1.15. The molecule has 6 nitrogen and oxygen atoms in total. The monoisotopic (exact) mass is 684 g/mol. The molecule has 1 aromatic heterocycles. The predicted octanol–water partition coefficient (Wildman–Crippen LogP) is 7.22. The van der Waals surface area contributed by atoms with Crippen LogP contribution in [0.25, 0.3) is 11.1 Å². The summed E-state index contributed by atoms with van der Waals surface area (Å²) in [4.78, 5) is 32.8. The van der Waals surface area contributed by atoms with Crippen molar-refractivity contribution >= 4 is 17.7 Å². The van der Waals surface area contributed by atoms with Crippen molar-refractivity contribution in [2.75, 3.05) is 26.1 Å². The number of aromatic nitrogens is 2. The summed E-state index contributed by atoms with van der Waals surface area (Å²) in [6, 6.07) is 3.75. The van der Waals surface area contributed by atoms with Crippen LogP contribution in [0.5, 0.6) is 0 Å². The predicted molar refractivity (Wildman–Crippen MR) is 177 cm³/mol. The van der Waals surface area contributed by atoms with Gasteiger partial charge in [-0.05, 0) is 78.7 Å². The minimum absolute atomic E-state index is 0.0879. The lowest BCUT2D eigenvalue weighted by Crippen LogP contribution is -2.40. The third kappa shape index (κ3) is 8.70. The molecule has 1 aliphatic rings. The van der Waals surface area contributed by atoms with E-state index in [0.29, 0.717) is 0 Å². The fourth-order valence-corrected chi connectivity index (χ4v) is 4.94. The number of amides is 1. The van der Waals surface area contributed by atoms with Crippen molar-refractivity contribution in [2.45, 2.75) is 63.0 Å². The Kier molecular flexibility index (Phi) is 5.85. The van der Waals surface area contributed by atoms with Gasteiger partial charge in [0.05, 0.1) is 19.3 Å². The first-order chi connectivity index (χ1) is 29.5. The Labute approximate surface area is 301 Å². The van der Waals surface area contributed by atoms with E-state index in [9.17, 15) is 27.8 Å². The Hall–Kier alpha value is -3.96. The molecule has 0 spiro atoms. The minimum atomic E-state index is -4.67. The van der Waals surface area contributed by atoms with E-state index in [2.05, 4.69) is 4.98 Å². The summed E-state index contributed by atoms with van der Waals surface area (Å²) in [6.45, 7) is -13.0. The van der Waals surface area contributed by atoms with E-state index in [1.54, 1.807) is 0 Å². The summed E-state index contributed by atoms with van der Waals surface area (Å²) in [6.07, 6.45) is -15.9. The lowest BCUT2D eigenvalue weighted by atomic mass is 10.0. The summed E-state index contributed by atoms with van der Waals surface area (Å²) >= 11 is 0.0879. The van der Waals surface area contributed by atoms with Gasteiger partial charge in [-0.3, -0.25) is 9.59 Å². The summed E-state index contributed by atoms with van der Waals surface area (Å²) in [5.41, 5.74) is -6.55. The first kappa shape index (κ1) is 18.0. The van der Waals surface area contributed by atoms with Crippen LogP contribution in [0.3, 0.4) is 0 Å². The standard InChI is InChI=1S/C36H38F4N4O2S/c1-3-42(4-2)20-21-43(22-25-8-12-27(13-9-25)28-14-16-29(17-15-28)36(38,39)40)33(45)23-44-32-7-5-6-31(32)34(46)41-35(44)47-24-26-10-18-30(37)19-11-26/h8-19H,3-7,20-24H2,1-2H3/i5D2,6D2,7D2,10D,11D,18D,19D,20D2,21D2,22D2,23D2. The highest BCUT2D eigenvalue weighted by Crippen LogP contribution is 2.31. The van der Waals surface area contributed by atoms with Crippen LogP contribution < -0.4 is 5.56 Å². The number of benzene rings is 3. The molecule has 0 bridgehead atoms. The van der Waals surface area contributed by atoms with Crippen LogP contribution >= 0.6 is 11.8 Å². The first-order valence-corrected chi connectivity index (χ1v) is 14.9. The molecule has 0 fully saturated rings. The fraction of sp³-hybridized carbons (Fsp3) is 0.361. The molecule has 0 unspecified atom stereocenters. The second kappa shape index (κ2) is 15.3. The van der Waals surface area contributed by atoms with Crippen LogP contribution in [0.2, 0.25) is 0 Å². The zero-order chi connectivity index (χ0) is 49.6. The number of hydrogen-bond acceptors (Lipinski definition) is 5. The van der Waals surface area contributed by atoms with Gasteiger partial charge in [0.25, 0.3) is 5.56 Å². The molecule has 4 aromatic rings. The highest BCUT2D eigenvalue weighted by Gasteiger charge is 2.30. The van der Waals surface area contributed by atoms with Crippen molar-refractivity contribution in [1.29, 1.82) is 0 Å². The van der Waals surface area contributed by atoms with Crippen molar-refractivity contribution in [3.8, 4) is 11.1 Å². The average molecular weight is 685 g/mol. The zero-order valence-electron chi connectivity index (χ0n) is 42.8. The molecule has 0 N–H and O–H groups in total. The molecular formula is C36H38F4N4O2S. The number of likely N-dealkylation sites (N-methyl/N-ethyl adjacent to an activating group) is 1. The fourth-order valence-electron chi connectivity index (χ4n) is 4.11. The van der Waals surface area contributed by atoms with Crippen molar-refractivity contribution in [3.05, 3.63) is 117 Å². The molecule has 0 radical (unpaired) electrons. The number of thioether (sulfide) groups is 1. The quantitative estimate of drug-likeness (QED) is 0.0846. The maximum atomic E-state index is 15.2. The van der Waals surface area contributed by atoms with Gasteiger partial charge in [0.15, 0.2) is 5.16 Å². The molecule has 5 rings (SSSR count). The molecule has 248 valence electrons. The zero-order valence-corrected chi connectivity index (χ0v) is 25.6. The molecule has 1 heterocycles. The topological polar surface area (TPSA) is 58.4 Å². The first-order valence-electron chi connectivity index (χ1n) is 23.0. The summed E-state index contributed by atoms with van der Waals surface area (Å²) in [5.74, 6) is -4.82. The number of alkyl halides is 3. The number of halogens is 4. The van der Waals surface area contributed by atoms with Gasteiger partial charge in [0.1, 0.15) is 12.3 Å². The van der Waals surface area contributed by atoms with Crippen LogP contribution in [0.1, 0.15) is 72.8 Å². The van der Waals surface area contributed by atoms with E-state index >= 15 is 4.79 Å². The molecule has 47 heavy (non-hydrogen) atoms. The van der Waals surface area contributed by atoms with E-state index in [4.69, 9.17) is 19.2 Å². The second-order valence-electron chi connectivity index (χ2n) is 9.63. The third-order valence-corrected chi connectivity index (χ3v) is 7.55. The molecule has 0 saturated carbocycles. The van der Waals surface area contributed by atoms with E-state index in [-0.39, 0.29) is 40.5 Å². The number of rotatable bonds is 13.